The lowest BCUT2D eigenvalue weighted by atomic mass is 9.77. The summed E-state index contributed by atoms with van der Waals surface area (Å²) in [5.74, 6) is -4.32. The molecule has 14 nitrogen and oxygen atoms in total. The second-order valence-electron chi connectivity index (χ2n) is 14.0. The summed E-state index contributed by atoms with van der Waals surface area (Å²) in [4.78, 5) is 76.1. The van der Waals surface area contributed by atoms with Crippen molar-refractivity contribution in [1.29, 1.82) is 0 Å². The van der Waals surface area contributed by atoms with Crippen LogP contribution in [0.15, 0.2) is 24.8 Å². The molecule has 7 unspecified atom stereocenters. The number of allylic oxidation sites excluding steroid dienone is 2. The molecule has 0 saturated heterocycles. The van der Waals surface area contributed by atoms with E-state index in [2.05, 4.69) is 11.3 Å². The van der Waals surface area contributed by atoms with E-state index in [1.54, 1.807) is 25.6 Å². The van der Waals surface area contributed by atoms with Crippen LogP contribution in [0.1, 0.15) is 72.1 Å². The quantitative estimate of drug-likeness (QED) is 0.0454. The molecule has 56 heavy (non-hydrogen) atoms. The lowest BCUT2D eigenvalue weighted by Gasteiger charge is -2.34. The Hall–Kier alpha value is -2.92. The highest BCUT2D eigenvalue weighted by atomic mass is 32.2. The van der Waals surface area contributed by atoms with Crippen LogP contribution in [0.3, 0.4) is 0 Å². The number of carbonyl (C=O) groups is 6. The van der Waals surface area contributed by atoms with Crippen molar-refractivity contribution in [3.63, 3.8) is 0 Å². The molecule has 1 saturated carbocycles. The topological polar surface area (TPSA) is 187 Å². The van der Waals surface area contributed by atoms with Crippen molar-refractivity contribution in [2.24, 2.45) is 29.6 Å². The summed E-state index contributed by atoms with van der Waals surface area (Å²) in [6.07, 6.45) is 6.78. The number of carbonyl (C=O) groups excluding carboxylic acids is 5. The zero-order chi connectivity index (χ0) is 41.3. The van der Waals surface area contributed by atoms with Crippen LogP contribution in [-0.4, -0.2) is 129 Å². The third-order valence-corrected chi connectivity index (χ3v) is 11.8. The second kappa shape index (κ2) is 28.5. The lowest BCUT2D eigenvalue weighted by Crippen LogP contribution is -2.42. The third kappa shape index (κ3) is 19.0. The van der Waals surface area contributed by atoms with Crippen molar-refractivity contribution in [3.8, 4) is 0 Å². The molecule has 16 heteroatoms. The SMILES string of the molecule is C=CCOCC(COC(=O)C1CC=CCC1C(=O)C(C)C)OC(=O)C1CC(SCCC(=O)O)CCC1C(=O)OCC(COCCCSCCC(=O)OC)OCC. The predicted molar refractivity (Wildman–Crippen MR) is 212 cm³/mol. The summed E-state index contributed by atoms with van der Waals surface area (Å²) < 4.78 is 39.0. The molecule has 0 radical (unpaired) electrons. The number of aliphatic carboxylic acids is 1. The molecule has 0 aliphatic heterocycles. The minimum atomic E-state index is -1.01. The minimum absolute atomic E-state index is 0.0144. The summed E-state index contributed by atoms with van der Waals surface area (Å²) in [7, 11) is 1.36. The number of thioether (sulfide) groups is 2. The first-order valence-electron chi connectivity index (χ1n) is 19.5. The first kappa shape index (κ1) is 49.2. The Balaban J connectivity index is 2.08. The van der Waals surface area contributed by atoms with Crippen LogP contribution in [0.5, 0.6) is 0 Å². The van der Waals surface area contributed by atoms with E-state index in [0.29, 0.717) is 56.8 Å². The van der Waals surface area contributed by atoms with Crippen molar-refractivity contribution in [2.45, 2.75) is 89.6 Å². The number of rotatable bonds is 29. The molecule has 318 valence electrons. The Morgan fingerprint density at radius 2 is 1.50 bits per heavy atom. The van der Waals surface area contributed by atoms with Gasteiger partial charge in [0.15, 0.2) is 6.10 Å². The van der Waals surface area contributed by atoms with Gasteiger partial charge in [-0.15, -0.1) is 6.58 Å². The van der Waals surface area contributed by atoms with Crippen molar-refractivity contribution in [1.82, 2.24) is 0 Å². The van der Waals surface area contributed by atoms with E-state index in [4.69, 9.17) is 33.5 Å². The molecular formula is C40H62O14S2. The zero-order valence-corrected chi connectivity index (χ0v) is 35.0. The Kier molecular flexibility index (Phi) is 25.0. The van der Waals surface area contributed by atoms with Crippen LogP contribution < -0.4 is 0 Å². The summed E-state index contributed by atoms with van der Waals surface area (Å²) >= 11 is 3.07. The van der Waals surface area contributed by atoms with E-state index in [9.17, 15) is 28.8 Å². The van der Waals surface area contributed by atoms with E-state index in [1.807, 2.05) is 19.1 Å². The number of esters is 4. The van der Waals surface area contributed by atoms with Gasteiger partial charge in [0.1, 0.15) is 25.1 Å². The van der Waals surface area contributed by atoms with Gasteiger partial charge in [0, 0.05) is 41.8 Å². The smallest absolute Gasteiger partial charge is 0.310 e. The van der Waals surface area contributed by atoms with Gasteiger partial charge in [-0.2, -0.15) is 23.5 Å². The van der Waals surface area contributed by atoms with Gasteiger partial charge in [-0.25, -0.2) is 0 Å². The van der Waals surface area contributed by atoms with Gasteiger partial charge in [-0.1, -0.05) is 32.1 Å². The van der Waals surface area contributed by atoms with Crippen molar-refractivity contribution < 1.29 is 67.0 Å². The molecule has 0 aromatic heterocycles. The fourth-order valence-corrected chi connectivity index (χ4v) is 8.50. The van der Waals surface area contributed by atoms with Gasteiger partial charge in [0.2, 0.25) is 0 Å². The van der Waals surface area contributed by atoms with E-state index < -0.39 is 59.8 Å². The Morgan fingerprint density at radius 1 is 0.821 bits per heavy atom. The van der Waals surface area contributed by atoms with E-state index >= 15 is 0 Å². The molecule has 0 bridgehead atoms. The molecule has 0 spiro atoms. The molecule has 2 rings (SSSR count). The monoisotopic (exact) mass is 830 g/mol. The number of ketones is 1. The highest BCUT2D eigenvalue weighted by molar-refractivity contribution is 8.00. The Bertz CT molecular complexity index is 1270. The molecule has 7 atom stereocenters. The van der Waals surface area contributed by atoms with Crippen LogP contribution in [0.4, 0.5) is 0 Å². The van der Waals surface area contributed by atoms with Crippen LogP contribution in [0, 0.1) is 29.6 Å². The molecule has 0 amide bonds. The number of hydrogen-bond acceptors (Lipinski definition) is 15. The minimum Gasteiger partial charge on any atom is -0.481 e. The van der Waals surface area contributed by atoms with Crippen LogP contribution in [0.25, 0.3) is 0 Å². The number of carboxylic acid groups (broad SMARTS) is 1. The summed E-state index contributed by atoms with van der Waals surface area (Å²) in [5.41, 5.74) is 0. The fraction of sp³-hybridized carbons (Fsp3) is 0.750. The van der Waals surface area contributed by atoms with Gasteiger partial charge in [0.25, 0.3) is 0 Å². The second-order valence-corrected chi connectivity index (χ2v) is 16.6. The number of carboxylic acids is 1. The van der Waals surface area contributed by atoms with Crippen LogP contribution >= 0.6 is 23.5 Å². The van der Waals surface area contributed by atoms with Gasteiger partial charge in [0.05, 0.1) is 57.5 Å². The molecule has 1 N–H and O–H groups in total. The first-order chi connectivity index (χ1) is 26.9. The summed E-state index contributed by atoms with van der Waals surface area (Å²) in [6, 6.07) is 0. The van der Waals surface area contributed by atoms with Crippen molar-refractivity contribution in [3.05, 3.63) is 24.8 Å². The maximum atomic E-state index is 13.9. The zero-order valence-electron chi connectivity index (χ0n) is 33.4. The summed E-state index contributed by atoms with van der Waals surface area (Å²) in [6.45, 7) is 9.74. The number of methoxy groups -OCH3 is 1. The molecule has 0 aromatic rings. The van der Waals surface area contributed by atoms with Crippen LogP contribution in [-0.2, 0) is 61.9 Å². The maximum absolute atomic E-state index is 13.9. The highest BCUT2D eigenvalue weighted by Crippen LogP contribution is 2.38. The molecule has 2 aliphatic carbocycles. The molecule has 0 heterocycles. The average molecular weight is 831 g/mol. The highest BCUT2D eigenvalue weighted by Gasteiger charge is 2.43. The Morgan fingerprint density at radius 3 is 2.16 bits per heavy atom. The normalized spacial score (nSPS) is 21.8. The van der Waals surface area contributed by atoms with Gasteiger partial charge >= 0.3 is 29.8 Å². The van der Waals surface area contributed by atoms with E-state index in [0.717, 1.165) is 12.2 Å². The predicted octanol–water partition coefficient (Wildman–Crippen LogP) is 5.10. The summed E-state index contributed by atoms with van der Waals surface area (Å²) in [5, 5.41) is 9.05. The third-order valence-electron chi connectivity index (χ3n) is 9.35. The maximum Gasteiger partial charge on any atom is 0.310 e. The molecular weight excluding hydrogens is 769 g/mol. The standard InChI is InChI=1S/C40H62O14S2/c1-6-17-49-24-29(26-53-38(45)32-12-9-8-11-31(32)37(44)27(3)4)54-40(47)34-22-30(56-21-15-35(41)42)13-14-33(34)39(46)52-25-28(51-7-2)23-50-18-10-19-55-20-16-36(43)48-5/h6,8-9,27-34H,1,7,10-26H2,2-5H3,(H,41,42). The average Bonchev–Trinajstić information content (AvgIpc) is 3.18. The number of Topliss-reactive ketones (excluding diaryl/α,β-unsaturated/α-hetero) is 1. The van der Waals surface area contributed by atoms with Crippen molar-refractivity contribution >= 4 is 59.2 Å². The fourth-order valence-electron chi connectivity index (χ4n) is 6.39. The van der Waals surface area contributed by atoms with Gasteiger partial charge in [-0.3, -0.25) is 28.8 Å². The molecule has 0 aromatic carbocycles. The Labute approximate surface area is 339 Å². The molecule has 1 fully saturated rings. The largest absolute Gasteiger partial charge is 0.481 e. The first-order valence-corrected chi connectivity index (χ1v) is 21.7. The molecule has 2 aliphatic rings. The van der Waals surface area contributed by atoms with Gasteiger partial charge < -0.3 is 38.3 Å². The van der Waals surface area contributed by atoms with Crippen LogP contribution in [0.2, 0.25) is 0 Å². The lowest BCUT2D eigenvalue weighted by molar-refractivity contribution is -0.175. The van der Waals surface area contributed by atoms with Gasteiger partial charge in [-0.05, 0) is 51.2 Å². The van der Waals surface area contributed by atoms with Crippen molar-refractivity contribution in [2.75, 3.05) is 70.6 Å². The van der Waals surface area contributed by atoms with E-state index in [-0.39, 0.29) is 68.8 Å². The number of hydrogen-bond donors (Lipinski definition) is 1. The van der Waals surface area contributed by atoms with E-state index in [1.165, 1.54) is 24.9 Å². The number of ether oxygens (including phenoxy) is 7.